The number of rotatable bonds is 10. The van der Waals surface area contributed by atoms with Crippen LogP contribution in [0, 0.1) is 6.92 Å². The van der Waals surface area contributed by atoms with E-state index in [0.717, 1.165) is 10.5 Å². The van der Waals surface area contributed by atoms with Crippen molar-refractivity contribution < 1.29 is 27.5 Å². The van der Waals surface area contributed by atoms with E-state index in [9.17, 15) is 18.0 Å². The van der Waals surface area contributed by atoms with Crippen molar-refractivity contribution in [2.45, 2.75) is 27.1 Å². The molecule has 9 heteroatoms. The van der Waals surface area contributed by atoms with Gasteiger partial charge in [0.2, 0.25) is 10.0 Å². The highest BCUT2D eigenvalue weighted by Crippen LogP contribution is 2.23. The molecule has 1 aromatic rings. The van der Waals surface area contributed by atoms with Gasteiger partial charge in [0.1, 0.15) is 0 Å². The molecule has 1 aromatic carbocycles. The molecule has 0 spiro atoms. The third-order valence-electron chi connectivity index (χ3n) is 3.88. The normalized spacial score (nSPS) is 14.4. The Morgan fingerprint density at radius 1 is 1.08 bits per heavy atom. The number of hydrogen-bond acceptors (Lipinski definition) is 6. The molecule has 1 N–H and O–H groups in total. The summed E-state index contributed by atoms with van der Waals surface area (Å²) in [6.45, 7) is 5.92. The Morgan fingerprint density at radius 3 is 2.31 bits per heavy atom. The van der Waals surface area contributed by atoms with Crippen molar-refractivity contribution in [2.75, 3.05) is 32.1 Å². The number of carbonyl (C=O) groups is 2. The van der Waals surface area contributed by atoms with Gasteiger partial charge in [0, 0.05) is 19.8 Å². The summed E-state index contributed by atoms with van der Waals surface area (Å²) in [5.41, 5.74) is 1.48. The molecule has 0 saturated heterocycles. The summed E-state index contributed by atoms with van der Waals surface area (Å²) >= 11 is 0. The van der Waals surface area contributed by atoms with Gasteiger partial charge in [0.15, 0.2) is 6.29 Å². The van der Waals surface area contributed by atoms with Gasteiger partial charge in [-0.3, -0.25) is 14.5 Å². The number of benzene rings is 1. The van der Waals surface area contributed by atoms with Crippen LogP contribution >= 0.6 is 0 Å². The monoisotopic (exact) mass is 384 g/mol. The number of sulfonamides is 1. The molecule has 2 amide bonds. The SMILES string of the molecule is CCOC(CNS(=O)(=O)CCN1C(=O)c2ccc(C)cc2C1=O)OCC. The molecule has 8 nitrogen and oxygen atoms in total. The third kappa shape index (κ3) is 4.88. The Hall–Kier alpha value is -1.81. The van der Waals surface area contributed by atoms with Gasteiger partial charge in [-0.2, -0.15) is 0 Å². The number of amides is 2. The largest absolute Gasteiger partial charge is 0.352 e. The summed E-state index contributed by atoms with van der Waals surface area (Å²) in [5, 5.41) is 0. The van der Waals surface area contributed by atoms with E-state index in [0.29, 0.717) is 24.3 Å². The van der Waals surface area contributed by atoms with Crippen LogP contribution in [-0.2, 0) is 19.5 Å². The number of hydrogen-bond donors (Lipinski definition) is 1. The van der Waals surface area contributed by atoms with E-state index in [-0.39, 0.29) is 18.8 Å². The predicted molar refractivity (Wildman–Crippen MR) is 95.4 cm³/mol. The minimum atomic E-state index is -3.70. The van der Waals surface area contributed by atoms with Crippen LogP contribution in [0.15, 0.2) is 18.2 Å². The van der Waals surface area contributed by atoms with E-state index in [4.69, 9.17) is 9.47 Å². The Bertz CT molecular complexity index is 771. The zero-order chi connectivity index (χ0) is 19.3. The molecule has 1 heterocycles. The lowest BCUT2D eigenvalue weighted by atomic mass is 10.1. The minimum absolute atomic E-state index is 0.0364. The highest BCUT2D eigenvalue weighted by atomic mass is 32.2. The van der Waals surface area contributed by atoms with E-state index < -0.39 is 28.1 Å². The molecule has 0 saturated carbocycles. The van der Waals surface area contributed by atoms with E-state index in [2.05, 4.69) is 4.72 Å². The first-order valence-electron chi connectivity index (χ1n) is 8.46. The Kier molecular flexibility index (Phi) is 6.87. The number of ether oxygens (including phenoxy) is 2. The number of aryl methyl sites for hydroxylation is 1. The fourth-order valence-corrected chi connectivity index (χ4v) is 3.58. The van der Waals surface area contributed by atoms with Crippen molar-refractivity contribution in [3.8, 4) is 0 Å². The molecule has 2 rings (SSSR count). The first-order valence-corrected chi connectivity index (χ1v) is 10.1. The second-order valence-electron chi connectivity index (χ2n) is 5.82. The Labute approximate surface area is 153 Å². The molecule has 0 unspecified atom stereocenters. The quantitative estimate of drug-likeness (QED) is 0.475. The van der Waals surface area contributed by atoms with Gasteiger partial charge in [-0.05, 0) is 32.9 Å². The van der Waals surface area contributed by atoms with E-state index in [1.54, 1.807) is 32.0 Å². The molecular weight excluding hydrogens is 360 g/mol. The summed E-state index contributed by atoms with van der Waals surface area (Å²) in [4.78, 5) is 25.6. The van der Waals surface area contributed by atoms with E-state index >= 15 is 0 Å². The second-order valence-corrected chi connectivity index (χ2v) is 7.74. The smallest absolute Gasteiger partial charge is 0.261 e. The summed E-state index contributed by atoms with van der Waals surface area (Å²) in [6.07, 6.45) is -0.679. The first-order chi connectivity index (χ1) is 12.3. The maximum atomic E-state index is 12.4. The molecule has 0 fully saturated rings. The van der Waals surface area contributed by atoms with Gasteiger partial charge in [0.25, 0.3) is 11.8 Å². The van der Waals surface area contributed by atoms with Crippen molar-refractivity contribution in [2.24, 2.45) is 0 Å². The summed E-state index contributed by atoms with van der Waals surface area (Å²) in [6, 6.07) is 4.97. The van der Waals surface area contributed by atoms with Crippen LogP contribution in [0.25, 0.3) is 0 Å². The van der Waals surface area contributed by atoms with Crippen LogP contribution in [-0.4, -0.2) is 63.5 Å². The lowest BCUT2D eigenvalue weighted by molar-refractivity contribution is -0.130. The molecule has 0 bridgehead atoms. The summed E-state index contributed by atoms with van der Waals surface area (Å²) < 4.78 is 37.3. The van der Waals surface area contributed by atoms with Crippen LogP contribution in [0.1, 0.15) is 40.1 Å². The number of imide groups is 1. The van der Waals surface area contributed by atoms with Crippen molar-refractivity contribution in [3.05, 3.63) is 34.9 Å². The highest BCUT2D eigenvalue weighted by Gasteiger charge is 2.35. The van der Waals surface area contributed by atoms with Crippen LogP contribution in [0.5, 0.6) is 0 Å². The van der Waals surface area contributed by atoms with Crippen molar-refractivity contribution in [1.29, 1.82) is 0 Å². The molecule has 1 aliphatic rings. The van der Waals surface area contributed by atoms with Gasteiger partial charge in [0.05, 0.1) is 23.4 Å². The molecule has 26 heavy (non-hydrogen) atoms. The van der Waals surface area contributed by atoms with Crippen molar-refractivity contribution >= 4 is 21.8 Å². The van der Waals surface area contributed by atoms with Crippen molar-refractivity contribution in [1.82, 2.24) is 9.62 Å². The summed E-state index contributed by atoms with van der Waals surface area (Å²) in [5.74, 6) is -1.32. The molecular formula is C17H24N2O6S. The average Bonchev–Trinajstić information content (AvgIpc) is 2.82. The maximum Gasteiger partial charge on any atom is 0.261 e. The van der Waals surface area contributed by atoms with E-state index in [1.165, 1.54) is 0 Å². The van der Waals surface area contributed by atoms with Crippen LogP contribution in [0.4, 0.5) is 0 Å². The molecule has 1 aliphatic heterocycles. The second kappa shape index (κ2) is 8.72. The number of nitrogens with one attached hydrogen (secondary N) is 1. The fourth-order valence-electron chi connectivity index (χ4n) is 2.62. The summed E-state index contributed by atoms with van der Waals surface area (Å²) in [7, 11) is -3.70. The average molecular weight is 384 g/mol. The zero-order valence-corrected chi connectivity index (χ0v) is 16.0. The minimum Gasteiger partial charge on any atom is -0.352 e. The lowest BCUT2D eigenvalue weighted by Crippen LogP contribution is -2.40. The standard InChI is InChI=1S/C17H24N2O6S/c1-4-24-15(25-5-2)11-18-26(22,23)9-8-19-16(20)13-7-6-12(3)10-14(13)17(19)21/h6-7,10,15,18H,4-5,8-9,11H2,1-3H3. The maximum absolute atomic E-state index is 12.4. The van der Waals surface area contributed by atoms with Crippen LogP contribution in [0.3, 0.4) is 0 Å². The van der Waals surface area contributed by atoms with Gasteiger partial charge in [-0.1, -0.05) is 11.6 Å². The van der Waals surface area contributed by atoms with E-state index in [1.807, 2.05) is 6.92 Å². The highest BCUT2D eigenvalue weighted by molar-refractivity contribution is 7.89. The number of nitrogens with zero attached hydrogens (tertiary/aromatic N) is 1. The molecule has 0 aromatic heterocycles. The Balaban J connectivity index is 1.95. The van der Waals surface area contributed by atoms with Gasteiger partial charge in [-0.15, -0.1) is 0 Å². The van der Waals surface area contributed by atoms with Crippen molar-refractivity contribution in [3.63, 3.8) is 0 Å². The fraction of sp³-hybridized carbons (Fsp3) is 0.529. The van der Waals surface area contributed by atoms with Gasteiger partial charge < -0.3 is 9.47 Å². The lowest BCUT2D eigenvalue weighted by Gasteiger charge is -2.18. The Morgan fingerprint density at radius 2 is 1.69 bits per heavy atom. The molecule has 0 aliphatic carbocycles. The third-order valence-corrected chi connectivity index (χ3v) is 5.21. The number of fused-ring (bicyclic) bond motifs is 1. The molecule has 144 valence electrons. The van der Waals surface area contributed by atoms with Crippen LogP contribution in [0.2, 0.25) is 0 Å². The van der Waals surface area contributed by atoms with Gasteiger partial charge in [-0.25, -0.2) is 13.1 Å². The molecule has 0 radical (unpaired) electrons. The first kappa shape index (κ1) is 20.5. The number of carbonyl (C=O) groups excluding carboxylic acids is 2. The van der Waals surface area contributed by atoms with Crippen LogP contribution < -0.4 is 4.72 Å². The predicted octanol–water partition coefficient (Wildman–Crippen LogP) is 0.910. The topological polar surface area (TPSA) is 102 Å². The van der Waals surface area contributed by atoms with Gasteiger partial charge >= 0.3 is 0 Å². The zero-order valence-electron chi connectivity index (χ0n) is 15.1. The molecule has 0 atom stereocenters.